The van der Waals surface area contributed by atoms with Crippen molar-refractivity contribution >= 4 is 5.97 Å². The van der Waals surface area contributed by atoms with Crippen LogP contribution in [-0.2, 0) is 9.47 Å². The maximum absolute atomic E-state index is 12.1. The summed E-state index contributed by atoms with van der Waals surface area (Å²) in [5, 5.41) is 0. The molecule has 2 unspecified atom stereocenters. The Bertz CT molecular complexity index is 474. The van der Waals surface area contributed by atoms with Crippen molar-refractivity contribution in [3.8, 4) is 0 Å². The maximum atomic E-state index is 12.1. The van der Waals surface area contributed by atoms with Crippen LogP contribution in [0, 0.1) is 13.8 Å². The van der Waals surface area contributed by atoms with Crippen molar-refractivity contribution in [1.82, 2.24) is 0 Å². The van der Waals surface area contributed by atoms with Crippen molar-refractivity contribution in [1.29, 1.82) is 0 Å². The monoisotopic (exact) mass is 246 g/mol. The zero-order valence-electron chi connectivity index (χ0n) is 10.9. The Hall–Kier alpha value is -1.35. The van der Waals surface area contributed by atoms with Crippen LogP contribution in [0.5, 0.6) is 0 Å². The summed E-state index contributed by atoms with van der Waals surface area (Å²) >= 11 is 0. The Morgan fingerprint density at radius 2 is 2.00 bits per heavy atom. The van der Waals surface area contributed by atoms with Crippen LogP contribution in [0.4, 0.5) is 0 Å². The van der Waals surface area contributed by atoms with Gasteiger partial charge in [-0.25, -0.2) is 4.79 Å². The van der Waals surface area contributed by atoms with E-state index in [1.54, 1.807) is 0 Å². The summed E-state index contributed by atoms with van der Waals surface area (Å²) in [5.41, 5.74) is 2.79. The molecule has 1 aromatic rings. The first-order valence-corrected chi connectivity index (χ1v) is 6.58. The molecule has 0 aromatic heterocycles. The Kier molecular flexibility index (Phi) is 2.67. The quantitative estimate of drug-likeness (QED) is 0.594. The van der Waals surface area contributed by atoms with Crippen molar-refractivity contribution in [2.45, 2.75) is 51.4 Å². The van der Waals surface area contributed by atoms with E-state index < -0.39 is 5.79 Å². The Labute approximate surface area is 107 Å². The molecule has 96 valence electrons. The van der Waals surface area contributed by atoms with Crippen LogP contribution in [0.25, 0.3) is 0 Å². The summed E-state index contributed by atoms with van der Waals surface area (Å²) < 4.78 is 11.2. The van der Waals surface area contributed by atoms with Crippen LogP contribution < -0.4 is 0 Å². The fourth-order valence-electron chi connectivity index (χ4n) is 2.86. The van der Waals surface area contributed by atoms with Crippen molar-refractivity contribution < 1.29 is 14.3 Å². The molecule has 1 aliphatic carbocycles. The molecule has 2 fully saturated rings. The molecule has 0 spiro atoms. The summed E-state index contributed by atoms with van der Waals surface area (Å²) in [6, 6.07) is 5.78. The van der Waals surface area contributed by atoms with E-state index in [2.05, 4.69) is 0 Å². The minimum absolute atomic E-state index is 0.140. The molecule has 3 nitrogen and oxygen atoms in total. The molecule has 2 aliphatic rings. The normalized spacial score (nSPS) is 29.6. The number of fused-ring (bicyclic) bond motifs is 1. The molecule has 1 saturated carbocycles. The predicted molar refractivity (Wildman–Crippen MR) is 67.4 cm³/mol. The van der Waals surface area contributed by atoms with E-state index in [4.69, 9.17) is 9.47 Å². The lowest BCUT2D eigenvalue weighted by atomic mass is 9.97. The zero-order chi connectivity index (χ0) is 12.8. The number of carbonyl (C=O) groups is 1. The third-order valence-corrected chi connectivity index (χ3v) is 3.74. The van der Waals surface area contributed by atoms with Crippen molar-refractivity contribution in [2.24, 2.45) is 0 Å². The number of aryl methyl sites for hydroxylation is 2. The van der Waals surface area contributed by atoms with Crippen molar-refractivity contribution in [2.75, 3.05) is 0 Å². The smallest absolute Gasteiger partial charge is 0.340 e. The molecule has 1 aliphatic heterocycles. The molecular weight excluding hydrogens is 228 g/mol. The number of rotatable bonds is 2. The number of epoxide rings is 1. The summed E-state index contributed by atoms with van der Waals surface area (Å²) in [4.78, 5) is 12.1. The van der Waals surface area contributed by atoms with Gasteiger partial charge < -0.3 is 9.47 Å². The highest BCUT2D eigenvalue weighted by atomic mass is 16.8. The SMILES string of the molecule is Cc1cc(C)cc(C(=O)OC23CCCCC2O3)c1. The number of hydrogen-bond acceptors (Lipinski definition) is 3. The lowest BCUT2D eigenvalue weighted by molar-refractivity contribution is -0.0245. The second-order valence-corrected chi connectivity index (χ2v) is 5.43. The molecule has 3 heteroatoms. The van der Waals surface area contributed by atoms with Crippen LogP contribution in [0.1, 0.15) is 47.2 Å². The van der Waals surface area contributed by atoms with Gasteiger partial charge in [0, 0.05) is 6.42 Å². The molecule has 3 rings (SSSR count). The highest BCUT2D eigenvalue weighted by Crippen LogP contribution is 2.48. The second-order valence-electron chi connectivity index (χ2n) is 5.43. The van der Waals surface area contributed by atoms with E-state index in [-0.39, 0.29) is 12.1 Å². The minimum atomic E-state index is -0.590. The highest BCUT2D eigenvalue weighted by Gasteiger charge is 2.61. The van der Waals surface area contributed by atoms with E-state index in [0.29, 0.717) is 5.56 Å². The predicted octanol–water partition coefficient (Wildman–Crippen LogP) is 3.13. The third kappa shape index (κ3) is 2.03. The number of hydrogen-bond donors (Lipinski definition) is 0. The lowest BCUT2D eigenvalue weighted by Gasteiger charge is -2.17. The van der Waals surface area contributed by atoms with Gasteiger partial charge in [0.1, 0.15) is 6.10 Å². The first kappa shape index (κ1) is 11.7. The fourth-order valence-corrected chi connectivity index (χ4v) is 2.86. The average Bonchev–Trinajstić information content (AvgIpc) is 3.01. The van der Waals surface area contributed by atoms with Crippen LogP contribution in [0.15, 0.2) is 18.2 Å². The van der Waals surface area contributed by atoms with E-state index in [9.17, 15) is 4.79 Å². The van der Waals surface area contributed by atoms with Gasteiger partial charge in [-0.3, -0.25) is 0 Å². The molecule has 0 bridgehead atoms. The van der Waals surface area contributed by atoms with Gasteiger partial charge in [-0.2, -0.15) is 0 Å². The Balaban J connectivity index is 1.75. The van der Waals surface area contributed by atoms with Gasteiger partial charge in [0.2, 0.25) is 5.79 Å². The van der Waals surface area contributed by atoms with Crippen LogP contribution >= 0.6 is 0 Å². The molecule has 1 aromatic carbocycles. The van der Waals surface area contributed by atoms with E-state index >= 15 is 0 Å². The molecule has 18 heavy (non-hydrogen) atoms. The first-order valence-electron chi connectivity index (χ1n) is 6.58. The number of benzene rings is 1. The lowest BCUT2D eigenvalue weighted by Crippen LogP contribution is -2.26. The number of ether oxygens (including phenoxy) is 2. The van der Waals surface area contributed by atoms with Gasteiger partial charge in [-0.05, 0) is 38.8 Å². The maximum Gasteiger partial charge on any atom is 0.340 e. The third-order valence-electron chi connectivity index (χ3n) is 3.74. The highest BCUT2D eigenvalue weighted by molar-refractivity contribution is 5.90. The molecule has 2 atom stereocenters. The van der Waals surface area contributed by atoms with Crippen LogP contribution in [0.2, 0.25) is 0 Å². The summed E-state index contributed by atoms with van der Waals surface area (Å²) in [7, 11) is 0. The molecular formula is C15H18O3. The summed E-state index contributed by atoms with van der Waals surface area (Å²) in [6.45, 7) is 3.97. The topological polar surface area (TPSA) is 38.8 Å². The van der Waals surface area contributed by atoms with Gasteiger partial charge >= 0.3 is 5.97 Å². The minimum Gasteiger partial charge on any atom is -0.427 e. The molecule has 1 heterocycles. The van der Waals surface area contributed by atoms with Gasteiger partial charge in [-0.1, -0.05) is 23.6 Å². The first-order chi connectivity index (χ1) is 8.59. The molecule has 1 saturated heterocycles. The largest absolute Gasteiger partial charge is 0.427 e. The van der Waals surface area contributed by atoms with E-state index in [0.717, 1.165) is 30.4 Å². The molecule has 0 N–H and O–H groups in total. The van der Waals surface area contributed by atoms with Crippen LogP contribution in [-0.4, -0.2) is 17.9 Å². The van der Waals surface area contributed by atoms with Crippen molar-refractivity contribution in [3.05, 3.63) is 34.9 Å². The molecule has 0 amide bonds. The van der Waals surface area contributed by atoms with Gasteiger partial charge in [0.05, 0.1) is 5.56 Å². The fraction of sp³-hybridized carbons (Fsp3) is 0.533. The van der Waals surface area contributed by atoms with Crippen molar-refractivity contribution in [3.63, 3.8) is 0 Å². The van der Waals surface area contributed by atoms with Crippen LogP contribution in [0.3, 0.4) is 0 Å². The second kappa shape index (κ2) is 4.09. The van der Waals surface area contributed by atoms with Gasteiger partial charge in [0.15, 0.2) is 0 Å². The van der Waals surface area contributed by atoms with Gasteiger partial charge in [-0.15, -0.1) is 0 Å². The summed E-state index contributed by atoms with van der Waals surface area (Å²) in [6.07, 6.45) is 4.25. The Morgan fingerprint density at radius 1 is 1.28 bits per heavy atom. The average molecular weight is 246 g/mol. The van der Waals surface area contributed by atoms with E-state index in [1.165, 1.54) is 6.42 Å². The zero-order valence-corrected chi connectivity index (χ0v) is 10.9. The number of carbonyl (C=O) groups excluding carboxylic acids is 1. The number of esters is 1. The summed E-state index contributed by atoms with van der Waals surface area (Å²) in [5.74, 6) is -0.848. The van der Waals surface area contributed by atoms with E-state index in [1.807, 2.05) is 32.0 Å². The van der Waals surface area contributed by atoms with Gasteiger partial charge in [0.25, 0.3) is 0 Å². The molecule has 0 radical (unpaired) electrons. The standard InChI is InChI=1S/C15H18O3/c1-10-7-11(2)9-12(8-10)14(16)18-15-6-4-3-5-13(15)17-15/h7-9,13H,3-6H2,1-2H3. The Morgan fingerprint density at radius 3 is 2.67 bits per heavy atom.